The molecule has 0 saturated heterocycles. The van der Waals surface area contributed by atoms with E-state index in [4.69, 9.17) is 26.7 Å². The molecule has 27 heavy (non-hydrogen) atoms. The Morgan fingerprint density at radius 2 is 2.07 bits per heavy atom. The van der Waals surface area contributed by atoms with E-state index >= 15 is 0 Å². The van der Waals surface area contributed by atoms with Gasteiger partial charge in [0.2, 0.25) is 0 Å². The maximum absolute atomic E-state index is 8.90. The summed E-state index contributed by atoms with van der Waals surface area (Å²) in [5.74, 6) is 0.671. The Hall–Kier alpha value is -2.74. The largest absolute Gasteiger partial charge is 0.395 e. The number of aryl methyl sites for hydroxylation is 1. The topological polar surface area (TPSA) is 87.4 Å². The predicted octanol–water partition coefficient (Wildman–Crippen LogP) is 3.06. The number of nitrogens with one attached hydrogen (secondary N) is 2. The van der Waals surface area contributed by atoms with Crippen LogP contribution in [0.25, 0.3) is 16.7 Å². The van der Waals surface area contributed by atoms with Gasteiger partial charge in [-0.25, -0.2) is 15.0 Å². The summed E-state index contributed by atoms with van der Waals surface area (Å²) < 4.78 is 1.91. The van der Waals surface area contributed by atoms with Crippen LogP contribution in [0.1, 0.15) is 11.3 Å². The summed E-state index contributed by atoms with van der Waals surface area (Å²) in [5, 5.41) is 16.0. The van der Waals surface area contributed by atoms with Crippen LogP contribution < -0.4 is 10.6 Å². The normalized spacial score (nSPS) is 11.4. The first-order valence-corrected chi connectivity index (χ1v) is 9.00. The van der Waals surface area contributed by atoms with Gasteiger partial charge in [0.25, 0.3) is 0 Å². The molecule has 0 aliphatic rings. The highest BCUT2D eigenvalue weighted by molar-refractivity contribution is 6.33. The van der Waals surface area contributed by atoms with Gasteiger partial charge in [-0.2, -0.15) is 0 Å². The maximum Gasteiger partial charge on any atom is 0.164 e. The zero-order valence-corrected chi connectivity index (χ0v) is 15.5. The van der Waals surface area contributed by atoms with Crippen molar-refractivity contribution in [2.75, 3.05) is 18.5 Å². The number of hydrogen-bond acceptors (Lipinski definition) is 6. The molecule has 8 heteroatoms. The van der Waals surface area contributed by atoms with Crippen LogP contribution in [-0.4, -0.2) is 37.6 Å². The summed E-state index contributed by atoms with van der Waals surface area (Å²) in [6, 6.07) is 9.62. The second-order valence-electron chi connectivity index (χ2n) is 6.21. The fourth-order valence-corrected chi connectivity index (χ4v) is 3.23. The van der Waals surface area contributed by atoms with E-state index in [9.17, 15) is 0 Å². The number of benzene rings is 1. The first-order chi connectivity index (χ1) is 13.2. The molecule has 3 aromatic heterocycles. The number of para-hydroxylation sites is 1. The molecule has 138 valence electrons. The monoisotopic (exact) mass is 382 g/mol. The van der Waals surface area contributed by atoms with Crippen LogP contribution in [-0.2, 0) is 6.54 Å². The number of rotatable bonds is 6. The van der Waals surface area contributed by atoms with Gasteiger partial charge in [0.1, 0.15) is 17.4 Å². The van der Waals surface area contributed by atoms with E-state index in [0.29, 0.717) is 23.9 Å². The minimum Gasteiger partial charge on any atom is -0.395 e. The molecular weight excluding hydrogens is 364 g/mol. The third-order valence-corrected chi connectivity index (χ3v) is 4.63. The SMILES string of the molecule is Cc1cccc(Cl)c1Nc1nc2ccc(CNCCO)nc2n2cncc12. The molecule has 0 unspecified atom stereocenters. The highest BCUT2D eigenvalue weighted by Gasteiger charge is 2.13. The number of halogens is 1. The predicted molar refractivity (Wildman–Crippen MR) is 107 cm³/mol. The number of hydrogen-bond donors (Lipinski definition) is 3. The van der Waals surface area contributed by atoms with Gasteiger partial charge in [-0.1, -0.05) is 23.7 Å². The summed E-state index contributed by atoms with van der Waals surface area (Å²) in [7, 11) is 0. The number of pyridine rings is 1. The molecule has 0 fully saturated rings. The molecule has 4 aromatic rings. The number of imidazole rings is 1. The van der Waals surface area contributed by atoms with Crippen molar-refractivity contribution < 1.29 is 5.11 Å². The van der Waals surface area contributed by atoms with Gasteiger partial charge in [-0.3, -0.25) is 4.40 Å². The molecule has 0 saturated carbocycles. The van der Waals surface area contributed by atoms with Gasteiger partial charge < -0.3 is 15.7 Å². The van der Waals surface area contributed by atoms with E-state index in [-0.39, 0.29) is 6.61 Å². The molecule has 0 aliphatic carbocycles. The quantitative estimate of drug-likeness (QED) is 0.444. The number of anilines is 2. The van der Waals surface area contributed by atoms with Crippen molar-refractivity contribution in [1.82, 2.24) is 24.7 Å². The van der Waals surface area contributed by atoms with E-state index in [1.54, 1.807) is 12.5 Å². The van der Waals surface area contributed by atoms with E-state index in [1.165, 1.54) is 0 Å². The molecule has 3 heterocycles. The average Bonchev–Trinajstić information content (AvgIpc) is 3.16. The third-order valence-electron chi connectivity index (χ3n) is 4.31. The van der Waals surface area contributed by atoms with Gasteiger partial charge in [-0.15, -0.1) is 0 Å². The fourth-order valence-electron chi connectivity index (χ4n) is 2.96. The highest BCUT2D eigenvalue weighted by Crippen LogP contribution is 2.30. The summed E-state index contributed by atoms with van der Waals surface area (Å²) in [4.78, 5) is 13.7. The molecule has 1 aromatic carbocycles. The number of aliphatic hydroxyl groups excluding tert-OH is 1. The van der Waals surface area contributed by atoms with Crippen molar-refractivity contribution in [2.24, 2.45) is 0 Å². The van der Waals surface area contributed by atoms with Gasteiger partial charge >= 0.3 is 0 Å². The highest BCUT2D eigenvalue weighted by atomic mass is 35.5. The van der Waals surface area contributed by atoms with Crippen molar-refractivity contribution >= 4 is 39.8 Å². The number of fused-ring (bicyclic) bond motifs is 3. The first-order valence-electron chi connectivity index (χ1n) is 8.63. The van der Waals surface area contributed by atoms with Gasteiger partial charge in [0, 0.05) is 13.1 Å². The Morgan fingerprint density at radius 3 is 2.89 bits per heavy atom. The molecule has 0 radical (unpaired) electrons. The lowest BCUT2D eigenvalue weighted by atomic mass is 10.2. The van der Waals surface area contributed by atoms with Crippen LogP contribution in [0.3, 0.4) is 0 Å². The molecule has 0 spiro atoms. The molecule has 0 aliphatic heterocycles. The lowest BCUT2D eigenvalue weighted by Crippen LogP contribution is -2.18. The second-order valence-corrected chi connectivity index (χ2v) is 6.62. The zero-order valence-electron chi connectivity index (χ0n) is 14.8. The van der Waals surface area contributed by atoms with Crippen LogP contribution >= 0.6 is 11.6 Å². The number of aliphatic hydroxyl groups is 1. The molecule has 4 rings (SSSR count). The van der Waals surface area contributed by atoms with Gasteiger partial charge in [0.05, 0.1) is 29.2 Å². The molecule has 7 nitrogen and oxygen atoms in total. The van der Waals surface area contributed by atoms with Crippen LogP contribution in [0.5, 0.6) is 0 Å². The average molecular weight is 383 g/mol. The summed E-state index contributed by atoms with van der Waals surface area (Å²) in [6.45, 7) is 3.19. The molecule has 0 bridgehead atoms. The maximum atomic E-state index is 8.90. The molecular formula is C19H19ClN6O. The summed E-state index contributed by atoms with van der Waals surface area (Å²) in [5.41, 5.74) is 5.02. The van der Waals surface area contributed by atoms with E-state index < -0.39 is 0 Å². The summed E-state index contributed by atoms with van der Waals surface area (Å²) in [6.07, 6.45) is 3.47. The Balaban J connectivity index is 1.78. The zero-order chi connectivity index (χ0) is 18.8. The second kappa shape index (κ2) is 7.48. The fraction of sp³-hybridized carbons (Fsp3) is 0.211. The molecule has 0 atom stereocenters. The van der Waals surface area contributed by atoms with Crippen LogP contribution in [0.4, 0.5) is 11.5 Å². The van der Waals surface area contributed by atoms with Crippen molar-refractivity contribution in [1.29, 1.82) is 0 Å². The van der Waals surface area contributed by atoms with Gasteiger partial charge in [0.15, 0.2) is 11.5 Å². The van der Waals surface area contributed by atoms with Crippen molar-refractivity contribution in [3.8, 4) is 0 Å². The Kier molecular flexibility index (Phi) is 4.89. The molecule has 3 N–H and O–H groups in total. The lowest BCUT2D eigenvalue weighted by Gasteiger charge is -2.13. The first kappa shape index (κ1) is 17.7. The van der Waals surface area contributed by atoms with Crippen molar-refractivity contribution in [2.45, 2.75) is 13.5 Å². The van der Waals surface area contributed by atoms with E-state index in [1.807, 2.05) is 41.7 Å². The molecule has 0 amide bonds. The van der Waals surface area contributed by atoms with Gasteiger partial charge in [-0.05, 0) is 30.7 Å². The van der Waals surface area contributed by atoms with Crippen LogP contribution in [0.2, 0.25) is 5.02 Å². The van der Waals surface area contributed by atoms with Crippen molar-refractivity contribution in [3.05, 3.63) is 59.1 Å². The van der Waals surface area contributed by atoms with E-state index in [2.05, 4.69) is 15.6 Å². The van der Waals surface area contributed by atoms with Crippen LogP contribution in [0.15, 0.2) is 42.9 Å². The van der Waals surface area contributed by atoms with Crippen LogP contribution in [0, 0.1) is 6.92 Å². The standard InChI is InChI=1S/C19H19ClN6O/c1-12-3-2-4-14(20)17(12)25-18-16-10-22-11-26(16)19-15(24-18)6-5-13(23-19)9-21-7-8-27/h2-6,10-11,21,27H,7-9H2,1H3,(H,24,25). The minimum atomic E-state index is 0.0946. The van der Waals surface area contributed by atoms with E-state index in [0.717, 1.165) is 33.6 Å². The Morgan fingerprint density at radius 1 is 1.19 bits per heavy atom. The Bertz CT molecular complexity index is 1090. The lowest BCUT2D eigenvalue weighted by molar-refractivity contribution is 0.291. The summed E-state index contributed by atoms with van der Waals surface area (Å²) >= 11 is 6.35. The smallest absolute Gasteiger partial charge is 0.164 e. The Labute approximate surface area is 161 Å². The third kappa shape index (κ3) is 3.44. The minimum absolute atomic E-state index is 0.0946. The number of aromatic nitrogens is 4. The number of nitrogens with zero attached hydrogens (tertiary/aromatic N) is 4. The van der Waals surface area contributed by atoms with Crippen molar-refractivity contribution in [3.63, 3.8) is 0 Å².